The third-order valence-corrected chi connectivity index (χ3v) is 11.8. The fourth-order valence-corrected chi connectivity index (χ4v) is 7.83. The van der Waals surface area contributed by atoms with E-state index in [4.69, 9.17) is 22.9 Å². The number of aliphatic hydroxyl groups is 1. The molecule has 1 aromatic carbocycles. The summed E-state index contributed by atoms with van der Waals surface area (Å²) in [6.45, 7) is 6.61. The van der Waals surface area contributed by atoms with E-state index >= 15 is 0 Å². The van der Waals surface area contributed by atoms with Gasteiger partial charge < -0.3 is 75.9 Å². The van der Waals surface area contributed by atoms with Crippen molar-refractivity contribution in [2.45, 2.75) is 172 Å². The van der Waals surface area contributed by atoms with E-state index in [2.05, 4.69) is 54.8 Å². The third-order valence-electron chi connectivity index (χ3n) is 11.8. The molecule has 1 saturated heterocycles. The van der Waals surface area contributed by atoms with E-state index in [0.29, 0.717) is 12.0 Å². The smallest absolute Gasteiger partial charge is 0.243 e. The van der Waals surface area contributed by atoms with Gasteiger partial charge in [-0.1, -0.05) is 83.2 Å². The number of hydrogen-bond donors (Lipinski definition) is 14. The van der Waals surface area contributed by atoms with E-state index in [1.807, 2.05) is 13.8 Å². The Labute approximate surface area is 417 Å². The van der Waals surface area contributed by atoms with E-state index in [1.165, 1.54) is 6.92 Å². The fraction of sp³-hybridized carbons (Fsp3) is 0.688. The maximum absolute atomic E-state index is 14.3. The molecule has 1 aliphatic heterocycles. The van der Waals surface area contributed by atoms with Crippen LogP contribution in [0, 0.1) is 5.92 Å². The van der Waals surface area contributed by atoms with Crippen molar-refractivity contribution in [1.29, 1.82) is 0 Å². The molecular weight excluding hydrogens is 919 g/mol. The lowest BCUT2D eigenvalue weighted by atomic mass is 10.0. The normalized spacial score (nSPS) is 23.4. The number of nitrogens with two attached hydrogens (primary N) is 4. The lowest BCUT2D eigenvalue weighted by molar-refractivity contribution is -0.135. The zero-order valence-electron chi connectivity index (χ0n) is 42.0. The van der Waals surface area contributed by atoms with Crippen molar-refractivity contribution < 1.29 is 48.3 Å². The lowest BCUT2D eigenvalue weighted by Gasteiger charge is -2.27. The zero-order chi connectivity index (χ0) is 52.9. The molecule has 1 aromatic rings. The highest BCUT2D eigenvalue weighted by Crippen LogP contribution is 2.12. The Morgan fingerprint density at radius 2 is 1.17 bits per heavy atom. The Bertz CT molecular complexity index is 1860. The summed E-state index contributed by atoms with van der Waals surface area (Å²) in [6, 6.07) is -1.65. The van der Waals surface area contributed by atoms with Crippen LogP contribution in [-0.4, -0.2) is 145 Å². The minimum Gasteiger partial charge on any atom is -0.393 e. The molecule has 1 heterocycles. The fourth-order valence-electron chi connectivity index (χ4n) is 7.83. The average molecular weight is 1000 g/mol. The molecule has 400 valence electrons. The number of nitrogens with one attached hydrogen (secondary N) is 9. The molecule has 71 heavy (non-hydrogen) atoms. The predicted octanol–water partition coefficient (Wildman–Crippen LogP) is -2.80. The molecule has 0 saturated carbocycles. The topological polar surface area (TPSA) is 386 Å². The molecule has 0 aromatic heterocycles. The van der Waals surface area contributed by atoms with E-state index in [9.17, 15) is 48.3 Å². The second-order valence-electron chi connectivity index (χ2n) is 18.5. The van der Waals surface area contributed by atoms with Crippen LogP contribution in [0.3, 0.4) is 0 Å². The van der Waals surface area contributed by atoms with Crippen LogP contribution in [0.25, 0.3) is 0 Å². The summed E-state index contributed by atoms with van der Waals surface area (Å²) < 4.78 is 0. The molecule has 0 spiro atoms. The number of rotatable bonds is 23. The quantitative estimate of drug-likeness (QED) is 0.0493. The van der Waals surface area contributed by atoms with Gasteiger partial charge in [-0.05, 0) is 89.5 Å². The summed E-state index contributed by atoms with van der Waals surface area (Å²) >= 11 is 0. The summed E-state index contributed by atoms with van der Waals surface area (Å²) in [5.41, 5.74) is 24.0. The maximum Gasteiger partial charge on any atom is 0.243 e. The zero-order valence-corrected chi connectivity index (χ0v) is 42.0. The first-order chi connectivity index (χ1) is 33.9. The van der Waals surface area contributed by atoms with Gasteiger partial charge in [0.25, 0.3) is 0 Å². The number of aliphatic hydroxyl groups excluding tert-OH is 1. The van der Waals surface area contributed by atoms with E-state index < -0.39 is 108 Å². The highest BCUT2D eigenvalue weighted by Gasteiger charge is 2.35. The molecule has 9 atom stereocenters. The van der Waals surface area contributed by atoms with Crippen LogP contribution >= 0.6 is 0 Å². The van der Waals surface area contributed by atoms with Crippen molar-refractivity contribution in [3.63, 3.8) is 0 Å². The van der Waals surface area contributed by atoms with Gasteiger partial charge in [0.15, 0.2) is 0 Å². The van der Waals surface area contributed by atoms with Crippen molar-refractivity contribution in [3.8, 4) is 0 Å². The van der Waals surface area contributed by atoms with Crippen LogP contribution in [0.4, 0.5) is 0 Å². The molecular formula is C48H83N13O10. The molecule has 0 radical (unpaired) electrons. The molecule has 23 nitrogen and oxygen atoms in total. The largest absolute Gasteiger partial charge is 0.393 e. The van der Waals surface area contributed by atoms with Gasteiger partial charge in [-0.2, -0.15) is 0 Å². The number of amides is 9. The van der Waals surface area contributed by atoms with E-state index in [1.54, 1.807) is 30.3 Å². The molecule has 1 fully saturated rings. The Morgan fingerprint density at radius 1 is 0.648 bits per heavy atom. The highest BCUT2D eigenvalue weighted by atomic mass is 16.3. The van der Waals surface area contributed by atoms with Crippen LogP contribution < -0.4 is 70.8 Å². The SMILES string of the molecule is CCCCCCC[C@@H](O)CC(=O)N[C@H](CCN)C(=O)N[C@H]1CCNC(=O)[C@H](CC(C)C)NC(=O)[C@H](CCN)NC(=O)[C@H](CCN)NC(=O)[C@H](C)NC(=O)[C@@H](Cc2ccccc2)NC(=O)[C@H](CCN)NC1=O. The number of carbonyl (C=O) groups is 9. The highest BCUT2D eigenvalue weighted by molar-refractivity contribution is 5.98. The van der Waals surface area contributed by atoms with Crippen molar-refractivity contribution in [2.75, 3.05) is 32.7 Å². The summed E-state index contributed by atoms with van der Waals surface area (Å²) in [5, 5.41) is 34.3. The molecule has 0 bridgehead atoms. The van der Waals surface area contributed by atoms with Crippen LogP contribution in [0.2, 0.25) is 0 Å². The third kappa shape index (κ3) is 23.4. The van der Waals surface area contributed by atoms with Gasteiger partial charge in [-0.25, -0.2) is 0 Å². The number of benzene rings is 1. The van der Waals surface area contributed by atoms with Crippen LogP contribution in [0.5, 0.6) is 0 Å². The summed E-state index contributed by atoms with van der Waals surface area (Å²) in [5.74, 6) is -7.01. The second-order valence-corrected chi connectivity index (χ2v) is 18.5. The van der Waals surface area contributed by atoms with Crippen molar-refractivity contribution in [3.05, 3.63) is 35.9 Å². The van der Waals surface area contributed by atoms with Gasteiger partial charge in [0.2, 0.25) is 53.2 Å². The second kappa shape index (κ2) is 33.8. The van der Waals surface area contributed by atoms with Gasteiger partial charge in [-0.3, -0.25) is 43.2 Å². The minimum absolute atomic E-state index is 0.0434. The molecule has 23 heteroatoms. The van der Waals surface area contributed by atoms with E-state index in [-0.39, 0.29) is 90.0 Å². The van der Waals surface area contributed by atoms with Gasteiger partial charge in [0, 0.05) is 13.0 Å². The summed E-state index contributed by atoms with van der Waals surface area (Å²) in [7, 11) is 0. The first kappa shape index (κ1) is 61.4. The molecule has 18 N–H and O–H groups in total. The maximum atomic E-state index is 14.3. The molecule has 0 aliphatic carbocycles. The van der Waals surface area contributed by atoms with Crippen LogP contribution in [0.1, 0.15) is 117 Å². The van der Waals surface area contributed by atoms with Crippen molar-refractivity contribution in [2.24, 2.45) is 28.9 Å². The molecule has 0 unspecified atom stereocenters. The van der Waals surface area contributed by atoms with Gasteiger partial charge in [-0.15, -0.1) is 0 Å². The van der Waals surface area contributed by atoms with E-state index in [0.717, 1.165) is 32.1 Å². The van der Waals surface area contributed by atoms with Gasteiger partial charge in [0.05, 0.1) is 12.5 Å². The predicted molar refractivity (Wildman–Crippen MR) is 267 cm³/mol. The minimum atomic E-state index is -1.46. The molecule has 1 aliphatic rings. The van der Waals surface area contributed by atoms with Gasteiger partial charge in [0.1, 0.15) is 48.3 Å². The van der Waals surface area contributed by atoms with Crippen molar-refractivity contribution >= 4 is 53.2 Å². The Hall–Kier alpha value is -5.75. The van der Waals surface area contributed by atoms with Crippen molar-refractivity contribution in [1.82, 2.24) is 47.9 Å². The van der Waals surface area contributed by atoms with Crippen LogP contribution in [-0.2, 0) is 49.6 Å². The Kier molecular flexibility index (Phi) is 29.2. The summed E-state index contributed by atoms with van der Waals surface area (Å²) in [6.07, 6.45) is 3.49. The standard InChI is InChI=1S/C48H83N13O10/c1-5-6-7-8-12-15-32(62)28-40(63)55-33(16-21-49)43(66)59-37-20-25-53-42(65)38(26-29(2)3)60-45(68)35(18-23-51)57-44(67)34(17-22-50)56-41(64)30(4)54-48(71)39(27-31-13-10-9-11-14-31)61-46(69)36(19-24-52)58-47(37)70/h9-11,13-14,29-30,32-39,62H,5-8,12,15-28,49-52H2,1-4H3,(H,53,65)(H,54,71)(H,55,63)(H,56,64)(H,57,67)(H,58,70)(H,59,66)(H,60,68)(H,61,69)/t30-,32+,33+,34-,35-,36-,37-,38-,39+/m0/s1. The number of unbranched alkanes of at least 4 members (excludes halogenated alkanes) is 4. The number of carbonyl (C=O) groups excluding carboxylic acids is 9. The Morgan fingerprint density at radius 3 is 1.72 bits per heavy atom. The van der Waals surface area contributed by atoms with Gasteiger partial charge >= 0.3 is 0 Å². The summed E-state index contributed by atoms with van der Waals surface area (Å²) in [4.78, 5) is 124. The molecule has 2 rings (SSSR count). The first-order valence-electron chi connectivity index (χ1n) is 25.1. The average Bonchev–Trinajstić information content (AvgIpc) is 3.32. The number of hydrogen-bond acceptors (Lipinski definition) is 14. The monoisotopic (exact) mass is 1000 g/mol. The lowest BCUT2D eigenvalue weighted by Crippen LogP contribution is -2.60. The van der Waals surface area contributed by atoms with Crippen LogP contribution in [0.15, 0.2) is 30.3 Å². The Balaban J connectivity index is 2.60. The molecule has 9 amide bonds. The first-order valence-corrected chi connectivity index (χ1v) is 25.1.